The molecule has 3 rings (SSSR count). The molecule has 0 N–H and O–H groups in total. The molecular formula is C17H30N4. The predicted molar refractivity (Wildman–Crippen MR) is 85.3 cm³/mol. The van der Waals surface area contributed by atoms with Gasteiger partial charge in [0.25, 0.3) is 0 Å². The van der Waals surface area contributed by atoms with Gasteiger partial charge in [0, 0.05) is 25.3 Å². The summed E-state index contributed by atoms with van der Waals surface area (Å²) in [5, 5.41) is 8.70. The van der Waals surface area contributed by atoms with Gasteiger partial charge in [0.1, 0.15) is 0 Å². The van der Waals surface area contributed by atoms with E-state index in [-0.39, 0.29) is 0 Å². The van der Waals surface area contributed by atoms with Crippen molar-refractivity contribution >= 4 is 0 Å². The number of likely N-dealkylation sites (tertiary alicyclic amines) is 1. The van der Waals surface area contributed by atoms with Crippen LogP contribution in [-0.4, -0.2) is 39.0 Å². The van der Waals surface area contributed by atoms with Crippen molar-refractivity contribution in [1.29, 1.82) is 0 Å². The molecule has 1 aliphatic heterocycles. The molecule has 1 aromatic rings. The van der Waals surface area contributed by atoms with Crippen LogP contribution in [0.1, 0.15) is 70.5 Å². The molecule has 1 atom stereocenters. The van der Waals surface area contributed by atoms with Gasteiger partial charge in [0.15, 0.2) is 0 Å². The first-order valence-corrected chi connectivity index (χ1v) is 8.91. The number of hydrogen-bond acceptors (Lipinski definition) is 3. The van der Waals surface area contributed by atoms with Crippen LogP contribution in [-0.2, 0) is 6.42 Å². The van der Waals surface area contributed by atoms with Gasteiger partial charge in [-0.3, -0.25) is 0 Å². The third kappa shape index (κ3) is 4.06. The average molecular weight is 290 g/mol. The van der Waals surface area contributed by atoms with Crippen LogP contribution in [0.15, 0.2) is 6.20 Å². The molecule has 4 heteroatoms. The van der Waals surface area contributed by atoms with Crippen molar-refractivity contribution < 1.29 is 0 Å². The number of piperidine rings is 1. The third-order valence-corrected chi connectivity index (χ3v) is 5.21. The Hall–Kier alpha value is -0.900. The Labute approximate surface area is 128 Å². The molecule has 1 saturated carbocycles. The number of nitrogens with zero attached hydrogens (tertiary/aromatic N) is 4. The molecule has 21 heavy (non-hydrogen) atoms. The standard InChI is InChI=1S/C17H30N4/c1-3-4-5-16-13-21(19-18-16)17-8-10-20(11-9-17)14(2)12-15-6-7-15/h13-15,17H,3-12H2,1-2H3. The minimum Gasteiger partial charge on any atom is -0.300 e. The maximum absolute atomic E-state index is 4.37. The van der Waals surface area contributed by atoms with Gasteiger partial charge in [-0.15, -0.1) is 5.10 Å². The van der Waals surface area contributed by atoms with Crippen LogP contribution in [0.5, 0.6) is 0 Å². The van der Waals surface area contributed by atoms with E-state index >= 15 is 0 Å². The van der Waals surface area contributed by atoms with Crippen molar-refractivity contribution in [2.24, 2.45) is 5.92 Å². The summed E-state index contributed by atoms with van der Waals surface area (Å²) in [7, 11) is 0. The van der Waals surface area contributed by atoms with Crippen molar-refractivity contribution in [2.45, 2.75) is 77.3 Å². The molecule has 1 unspecified atom stereocenters. The van der Waals surface area contributed by atoms with Crippen LogP contribution in [0, 0.1) is 5.92 Å². The molecule has 0 spiro atoms. The lowest BCUT2D eigenvalue weighted by Gasteiger charge is -2.36. The molecule has 1 aromatic heterocycles. The summed E-state index contributed by atoms with van der Waals surface area (Å²) in [5.41, 5.74) is 1.17. The SMILES string of the molecule is CCCCc1cn(C2CCN(C(C)CC3CC3)CC2)nn1. The lowest BCUT2D eigenvalue weighted by Crippen LogP contribution is -2.40. The van der Waals surface area contributed by atoms with Crippen molar-refractivity contribution in [3.05, 3.63) is 11.9 Å². The van der Waals surface area contributed by atoms with Gasteiger partial charge in [-0.2, -0.15) is 0 Å². The highest BCUT2D eigenvalue weighted by Crippen LogP contribution is 2.35. The topological polar surface area (TPSA) is 34.0 Å². The molecule has 1 saturated heterocycles. The number of hydrogen-bond donors (Lipinski definition) is 0. The highest BCUT2D eigenvalue weighted by atomic mass is 15.4. The van der Waals surface area contributed by atoms with E-state index in [9.17, 15) is 0 Å². The summed E-state index contributed by atoms with van der Waals surface area (Å²) < 4.78 is 2.13. The van der Waals surface area contributed by atoms with Gasteiger partial charge in [-0.05, 0) is 44.9 Å². The van der Waals surface area contributed by atoms with Gasteiger partial charge >= 0.3 is 0 Å². The fraction of sp³-hybridized carbons (Fsp3) is 0.882. The summed E-state index contributed by atoms with van der Waals surface area (Å²) in [6.07, 6.45) is 12.5. The van der Waals surface area contributed by atoms with E-state index in [2.05, 4.69) is 39.9 Å². The van der Waals surface area contributed by atoms with Gasteiger partial charge in [-0.1, -0.05) is 31.4 Å². The lowest BCUT2D eigenvalue weighted by molar-refractivity contribution is 0.129. The molecule has 0 bridgehead atoms. The second-order valence-corrected chi connectivity index (χ2v) is 7.09. The Bertz CT molecular complexity index is 430. The van der Waals surface area contributed by atoms with Crippen molar-refractivity contribution in [3.8, 4) is 0 Å². The first kappa shape index (κ1) is 15.0. The summed E-state index contributed by atoms with van der Waals surface area (Å²) in [6, 6.07) is 1.34. The summed E-state index contributed by atoms with van der Waals surface area (Å²) in [6.45, 7) is 7.09. The molecule has 0 amide bonds. The van der Waals surface area contributed by atoms with Crippen LogP contribution < -0.4 is 0 Å². The summed E-state index contributed by atoms with van der Waals surface area (Å²) >= 11 is 0. The highest BCUT2D eigenvalue weighted by molar-refractivity contribution is 4.94. The molecule has 0 radical (unpaired) electrons. The Kier molecular flexibility index (Phi) is 4.94. The van der Waals surface area contributed by atoms with E-state index in [4.69, 9.17) is 0 Å². The van der Waals surface area contributed by atoms with Crippen LogP contribution >= 0.6 is 0 Å². The lowest BCUT2D eigenvalue weighted by atomic mass is 10.0. The van der Waals surface area contributed by atoms with Gasteiger partial charge in [-0.25, -0.2) is 4.68 Å². The Morgan fingerprint density at radius 2 is 2.00 bits per heavy atom. The molecule has 118 valence electrons. The zero-order chi connectivity index (χ0) is 14.7. The molecular weight excluding hydrogens is 260 g/mol. The largest absolute Gasteiger partial charge is 0.300 e. The minimum absolute atomic E-state index is 0.567. The molecule has 2 heterocycles. The Morgan fingerprint density at radius 3 is 2.67 bits per heavy atom. The molecule has 2 aliphatic rings. The highest BCUT2D eigenvalue weighted by Gasteiger charge is 2.29. The molecule has 1 aliphatic carbocycles. The zero-order valence-electron chi connectivity index (χ0n) is 13.7. The molecule has 4 nitrogen and oxygen atoms in total. The molecule has 2 fully saturated rings. The van der Waals surface area contributed by atoms with E-state index in [0.29, 0.717) is 6.04 Å². The Balaban J connectivity index is 1.47. The minimum atomic E-state index is 0.567. The van der Waals surface area contributed by atoms with Gasteiger partial charge in [0.2, 0.25) is 0 Å². The average Bonchev–Trinajstić information content (AvgIpc) is 3.20. The van der Waals surface area contributed by atoms with Gasteiger partial charge in [0.05, 0.1) is 11.7 Å². The normalized spacial score (nSPS) is 22.6. The van der Waals surface area contributed by atoms with Crippen LogP contribution in [0.2, 0.25) is 0 Å². The zero-order valence-corrected chi connectivity index (χ0v) is 13.7. The third-order valence-electron chi connectivity index (χ3n) is 5.21. The number of aryl methyl sites for hydroxylation is 1. The van der Waals surface area contributed by atoms with Crippen molar-refractivity contribution in [2.75, 3.05) is 13.1 Å². The van der Waals surface area contributed by atoms with E-state index in [1.807, 2.05) is 0 Å². The van der Waals surface area contributed by atoms with Crippen molar-refractivity contribution in [3.63, 3.8) is 0 Å². The smallest absolute Gasteiger partial charge is 0.0827 e. The second kappa shape index (κ2) is 6.91. The number of unbranched alkanes of at least 4 members (excludes halogenated alkanes) is 1. The maximum Gasteiger partial charge on any atom is 0.0827 e. The maximum atomic E-state index is 4.37. The fourth-order valence-corrected chi connectivity index (χ4v) is 3.54. The first-order chi connectivity index (χ1) is 10.3. The molecule has 0 aromatic carbocycles. The first-order valence-electron chi connectivity index (χ1n) is 8.91. The van der Waals surface area contributed by atoms with E-state index in [1.54, 1.807) is 0 Å². The van der Waals surface area contributed by atoms with Crippen LogP contribution in [0.3, 0.4) is 0 Å². The number of rotatable bonds is 7. The monoisotopic (exact) mass is 290 g/mol. The quantitative estimate of drug-likeness (QED) is 0.771. The van der Waals surface area contributed by atoms with Gasteiger partial charge < -0.3 is 4.90 Å². The van der Waals surface area contributed by atoms with Crippen molar-refractivity contribution in [1.82, 2.24) is 19.9 Å². The van der Waals surface area contributed by atoms with Crippen LogP contribution in [0.25, 0.3) is 0 Å². The second-order valence-electron chi connectivity index (χ2n) is 7.09. The van der Waals surface area contributed by atoms with E-state index < -0.39 is 0 Å². The summed E-state index contributed by atoms with van der Waals surface area (Å²) in [5.74, 6) is 1.04. The number of aromatic nitrogens is 3. The predicted octanol–water partition coefficient (Wildman–Crippen LogP) is 3.45. The Morgan fingerprint density at radius 1 is 1.24 bits per heavy atom. The van der Waals surface area contributed by atoms with E-state index in [0.717, 1.165) is 18.4 Å². The van der Waals surface area contributed by atoms with Crippen LogP contribution in [0.4, 0.5) is 0 Å². The fourth-order valence-electron chi connectivity index (χ4n) is 3.54. The summed E-state index contributed by atoms with van der Waals surface area (Å²) in [4.78, 5) is 2.68. The van der Waals surface area contributed by atoms with E-state index in [1.165, 1.54) is 63.7 Å².